The van der Waals surface area contributed by atoms with Gasteiger partial charge in [0.25, 0.3) is 0 Å². The molecule has 0 N–H and O–H groups in total. The fraction of sp³-hybridized carbons (Fsp3) is 0.364. The van der Waals surface area contributed by atoms with Gasteiger partial charge in [0.1, 0.15) is 24.7 Å². The largest absolute Gasteiger partial charge is 0.490 e. The standard InChI is InChI=1S/C22H21Br7O3/c1-2-3-30-10-16(25)12-32-22-19(28)7-14(8-20(22)29)4-13-5-17(26)21(18(27)6-13)31-11-15(24)9-23/h2,5-8,15-16H,1,3-4,9-12H2. The molecule has 32 heavy (non-hydrogen) atoms. The Morgan fingerprint density at radius 3 is 1.59 bits per heavy atom. The molecule has 0 heterocycles. The lowest BCUT2D eigenvalue weighted by Crippen LogP contribution is -2.18. The molecule has 0 aliphatic heterocycles. The highest BCUT2D eigenvalue weighted by Gasteiger charge is 2.15. The van der Waals surface area contributed by atoms with Gasteiger partial charge in [-0.1, -0.05) is 53.9 Å². The number of hydrogen-bond acceptors (Lipinski definition) is 3. The normalized spacial score (nSPS) is 13.0. The minimum absolute atomic E-state index is 0.0886. The second-order valence-electron chi connectivity index (χ2n) is 6.75. The van der Waals surface area contributed by atoms with Crippen molar-refractivity contribution in [1.82, 2.24) is 0 Å². The predicted octanol–water partition coefficient (Wildman–Crippen LogP) is 9.21. The third kappa shape index (κ3) is 9.63. The summed E-state index contributed by atoms with van der Waals surface area (Å²) >= 11 is 25.1. The van der Waals surface area contributed by atoms with Crippen LogP contribution in [0.15, 0.2) is 54.8 Å². The summed E-state index contributed by atoms with van der Waals surface area (Å²) in [5, 5.41) is 0.823. The van der Waals surface area contributed by atoms with Crippen molar-refractivity contribution in [3.63, 3.8) is 0 Å². The summed E-state index contributed by atoms with van der Waals surface area (Å²) in [6.45, 7) is 5.77. The summed E-state index contributed by atoms with van der Waals surface area (Å²) in [5.74, 6) is 1.57. The summed E-state index contributed by atoms with van der Waals surface area (Å²) in [6.07, 6.45) is 2.49. The topological polar surface area (TPSA) is 27.7 Å². The molecule has 0 aromatic heterocycles. The predicted molar refractivity (Wildman–Crippen MR) is 158 cm³/mol. The summed E-state index contributed by atoms with van der Waals surface area (Å²) in [6, 6.07) is 8.33. The van der Waals surface area contributed by atoms with Gasteiger partial charge in [0.05, 0.1) is 40.8 Å². The highest BCUT2D eigenvalue weighted by Crippen LogP contribution is 2.38. The zero-order valence-electron chi connectivity index (χ0n) is 16.9. The number of halogens is 7. The molecule has 0 fully saturated rings. The minimum Gasteiger partial charge on any atom is -0.490 e. The summed E-state index contributed by atoms with van der Waals surface area (Å²) in [4.78, 5) is 0.335. The molecule has 0 saturated carbocycles. The maximum Gasteiger partial charge on any atom is 0.147 e. The van der Waals surface area contributed by atoms with E-state index in [4.69, 9.17) is 14.2 Å². The van der Waals surface area contributed by atoms with Crippen LogP contribution in [0.2, 0.25) is 0 Å². The molecule has 0 spiro atoms. The average molecular weight is 893 g/mol. The van der Waals surface area contributed by atoms with Gasteiger partial charge in [0.2, 0.25) is 0 Å². The van der Waals surface area contributed by atoms with Gasteiger partial charge in [-0.25, -0.2) is 0 Å². The molecule has 10 heteroatoms. The molecule has 2 unspecified atom stereocenters. The zero-order valence-corrected chi connectivity index (χ0v) is 28.0. The maximum atomic E-state index is 5.99. The van der Waals surface area contributed by atoms with Crippen LogP contribution in [-0.4, -0.2) is 41.4 Å². The number of ether oxygens (including phenoxy) is 3. The van der Waals surface area contributed by atoms with Crippen LogP contribution in [0.5, 0.6) is 11.5 Å². The van der Waals surface area contributed by atoms with Crippen LogP contribution < -0.4 is 9.47 Å². The third-order valence-electron chi connectivity index (χ3n) is 4.04. The summed E-state index contributed by atoms with van der Waals surface area (Å²) < 4.78 is 21.0. The van der Waals surface area contributed by atoms with E-state index in [0.29, 0.717) is 26.4 Å². The summed E-state index contributed by atoms with van der Waals surface area (Å²) in [7, 11) is 0. The SMILES string of the molecule is C=CCOCC(Br)COc1c(Br)cc(Cc2cc(Br)c(OCC(Br)CBr)c(Br)c2)cc1Br. The third-order valence-corrected chi connectivity index (χ3v) is 9.17. The lowest BCUT2D eigenvalue weighted by Gasteiger charge is -2.16. The van der Waals surface area contributed by atoms with Crippen LogP contribution in [0.3, 0.4) is 0 Å². The van der Waals surface area contributed by atoms with Crippen LogP contribution in [0.4, 0.5) is 0 Å². The van der Waals surface area contributed by atoms with E-state index in [1.54, 1.807) is 6.08 Å². The summed E-state index contributed by atoms with van der Waals surface area (Å²) in [5.41, 5.74) is 2.30. The Kier molecular flexibility index (Phi) is 14.0. The van der Waals surface area contributed by atoms with Gasteiger partial charge >= 0.3 is 0 Å². The maximum absolute atomic E-state index is 5.99. The van der Waals surface area contributed by atoms with E-state index in [1.807, 2.05) is 0 Å². The van der Waals surface area contributed by atoms with E-state index < -0.39 is 0 Å². The minimum atomic E-state index is 0.0886. The van der Waals surface area contributed by atoms with Crippen LogP contribution in [0.25, 0.3) is 0 Å². The average Bonchev–Trinajstić information content (AvgIpc) is 2.72. The van der Waals surface area contributed by atoms with Gasteiger partial charge in [-0.15, -0.1) is 6.58 Å². The van der Waals surface area contributed by atoms with Crippen LogP contribution >= 0.6 is 112 Å². The van der Waals surface area contributed by atoms with E-state index in [-0.39, 0.29) is 9.65 Å². The first-order chi connectivity index (χ1) is 15.2. The van der Waals surface area contributed by atoms with Crippen molar-refractivity contribution in [3.05, 3.63) is 65.9 Å². The Morgan fingerprint density at radius 2 is 1.19 bits per heavy atom. The molecule has 0 radical (unpaired) electrons. The van der Waals surface area contributed by atoms with Gasteiger partial charge in [-0.2, -0.15) is 0 Å². The van der Waals surface area contributed by atoms with Gasteiger partial charge in [-0.05, 0) is 106 Å². The molecule has 2 rings (SSSR count). The number of alkyl halides is 3. The molecule has 2 aromatic carbocycles. The molecule has 2 aromatic rings. The Hall–Kier alpha value is 1.10. The Balaban J connectivity index is 2.06. The second-order valence-corrected chi connectivity index (χ2v) is 13.4. The molecular weight excluding hydrogens is 872 g/mol. The second kappa shape index (κ2) is 15.3. The fourth-order valence-electron chi connectivity index (χ4n) is 2.66. The monoisotopic (exact) mass is 886 g/mol. The van der Waals surface area contributed by atoms with E-state index in [0.717, 1.165) is 52.3 Å². The highest BCUT2D eigenvalue weighted by atomic mass is 79.9. The first-order valence-electron chi connectivity index (χ1n) is 9.49. The van der Waals surface area contributed by atoms with Crippen LogP contribution in [0, 0.1) is 0 Å². The van der Waals surface area contributed by atoms with Crippen molar-refractivity contribution in [2.75, 3.05) is 31.8 Å². The Labute approximate surface area is 248 Å². The molecule has 0 saturated heterocycles. The lowest BCUT2D eigenvalue weighted by molar-refractivity contribution is 0.149. The van der Waals surface area contributed by atoms with Gasteiger partial charge in [-0.3, -0.25) is 0 Å². The first-order valence-corrected chi connectivity index (χ1v) is 15.6. The van der Waals surface area contributed by atoms with Crippen molar-refractivity contribution in [1.29, 1.82) is 0 Å². The quantitative estimate of drug-likeness (QED) is 0.114. The number of rotatable bonds is 13. The number of benzene rings is 2. The lowest BCUT2D eigenvalue weighted by atomic mass is 10.0. The van der Waals surface area contributed by atoms with Crippen LogP contribution in [0.1, 0.15) is 11.1 Å². The van der Waals surface area contributed by atoms with E-state index in [9.17, 15) is 0 Å². The molecule has 0 aliphatic carbocycles. The molecular formula is C22H21Br7O3. The van der Waals surface area contributed by atoms with Crippen molar-refractivity contribution < 1.29 is 14.2 Å². The van der Waals surface area contributed by atoms with Crippen molar-refractivity contribution in [2.45, 2.75) is 16.1 Å². The zero-order chi connectivity index (χ0) is 23.7. The first kappa shape index (κ1) is 29.3. The molecule has 3 nitrogen and oxygen atoms in total. The Bertz CT molecular complexity index is 861. The smallest absolute Gasteiger partial charge is 0.147 e. The van der Waals surface area contributed by atoms with E-state index in [1.165, 1.54) is 0 Å². The Morgan fingerprint density at radius 1 is 0.750 bits per heavy atom. The van der Waals surface area contributed by atoms with E-state index in [2.05, 4.69) is 142 Å². The number of hydrogen-bond donors (Lipinski definition) is 0. The molecule has 0 bridgehead atoms. The van der Waals surface area contributed by atoms with Crippen molar-refractivity contribution >= 4 is 112 Å². The fourth-order valence-corrected chi connectivity index (χ4v) is 6.32. The van der Waals surface area contributed by atoms with Gasteiger partial charge in [0, 0.05) is 5.33 Å². The molecule has 2 atom stereocenters. The molecule has 0 aliphatic rings. The molecule has 0 amide bonds. The van der Waals surface area contributed by atoms with Gasteiger partial charge < -0.3 is 14.2 Å². The van der Waals surface area contributed by atoms with Crippen molar-refractivity contribution in [3.8, 4) is 11.5 Å². The van der Waals surface area contributed by atoms with E-state index >= 15 is 0 Å². The van der Waals surface area contributed by atoms with Gasteiger partial charge in [0.15, 0.2) is 0 Å². The molecule has 176 valence electrons. The highest BCUT2D eigenvalue weighted by molar-refractivity contribution is 9.12. The van der Waals surface area contributed by atoms with Crippen LogP contribution in [-0.2, 0) is 11.2 Å². The van der Waals surface area contributed by atoms with Crippen molar-refractivity contribution in [2.24, 2.45) is 0 Å².